The molecule has 0 saturated carbocycles. The quantitative estimate of drug-likeness (QED) is 0.631. The van der Waals surface area contributed by atoms with Gasteiger partial charge in [-0.15, -0.1) is 0 Å². The Hall–Kier alpha value is -3.00. The number of rotatable bonds is 10. The number of quaternary nitrogens is 1. The van der Waals surface area contributed by atoms with Crippen LogP contribution in [0.1, 0.15) is 12.0 Å². The summed E-state index contributed by atoms with van der Waals surface area (Å²) in [5, 5.41) is 15.3. The molecule has 0 aromatic heterocycles. The van der Waals surface area contributed by atoms with Crippen molar-refractivity contribution in [3.8, 4) is 5.75 Å². The van der Waals surface area contributed by atoms with Gasteiger partial charge < -0.3 is 25.3 Å². The zero-order valence-electron chi connectivity index (χ0n) is 14.4. The van der Waals surface area contributed by atoms with Crippen molar-refractivity contribution in [3.63, 3.8) is 0 Å². The molecule has 2 rings (SSSR count). The molecule has 0 bridgehead atoms. The van der Waals surface area contributed by atoms with E-state index >= 15 is 0 Å². The van der Waals surface area contributed by atoms with Crippen LogP contribution in [-0.2, 0) is 16.0 Å². The van der Waals surface area contributed by atoms with E-state index in [0.29, 0.717) is 18.7 Å². The van der Waals surface area contributed by atoms with Gasteiger partial charge in [-0.1, -0.05) is 30.3 Å². The van der Waals surface area contributed by atoms with E-state index in [1.165, 1.54) is 24.3 Å². The molecular weight excluding hydrogens is 358 g/mol. The van der Waals surface area contributed by atoms with Gasteiger partial charge in [0.2, 0.25) is 5.91 Å². The molecule has 6 nitrogen and oxygen atoms in total. The molecule has 8 heteroatoms. The molecule has 1 amide bonds. The fourth-order valence-electron chi connectivity index (χ4n) is 2.49. The number of ether oxygens (including phenoxy) is 1. The first-order chi connectivity index (χ1) is 12.9. The number of carbonyl (C=O) groups excluding carboxylic acids is 2. The Morgan fingerprint density at radius 3 is 2.33 bits per heavy atom. The maximum absolute atomic E-state index is 12.1. The van der Waals surface area contributed by atoms with Crippen LogP contribution in [0.5, 0.6) is 5.75 Å². The topological polar surface area (TPSA) is 95.1 Å². The Balaban J connectivity index is 1.82. The molecule has 0 unspecified atom stereocenters. The number of carbonyl (C=O) groups is 2. The number of hydrogen-bond acceptors (Lipinski definition) is 4. The summed E-state index contributed by atoms with van der Waals surface area (Å²) in [6.07, 6.45) is 0.393. The number of amides is 1. The number of nitrogens with one attached hydrogen (secondary N) is 1. The maximum Gasteiger partial charge on any atom is 0.387 e. The number of carboxylic acid groups (broad SMARTS) is 1. The molecule has 0 spiro atoms. The van der Waals surface area contributed by atoms with Crippen molar-refractivity contribution >= 4 is 17.6 Å². The molecular formula is C19H20F2N2O4. The molecule has 3 N–H and O–H groups in total. The van der Waals surface area contributed by atoms with E-state index in [2.05, 4.69) is 10.1 Å². The van der Waals surface area contributed by atoms with Crippen molar-refractivity contribution in [2.75, 3.05) is 11.9 Å². The van der Waals surface area contributed by atoms with E-state index in [9.17, 15) is 23.5 Å². The van der Waals surface area contributed by atoms with Crippen LogP contribution in [0.25, 0.3) is 0 Å². The summed E-state index contributed by atoms with van der Waals surface area (Å²) in [7, 11) is 0. The molecule has 0 aliphatic rings. The van der Waals surface area contributed by atoms with Crippen molar-refractivity contribution in [1.82, 2.24) is 0 Å². The second-order valence-corrected chi connectivity index (χ2v) is 5.84. The monoisotopic (exact) mass is 378 g/mol. The fraction of sp³-hybridized carbons (Fsp3) is 0.263. The van der Waals surface area contributed by atoms with Crippen molar-refractivity contribution in [2.45, 2.75) is 25.5 Å². The Kier molecular flexibility index (Phi) is 7.69. The molecule has 0 aliphatic heterocycles. The van der Waals surface area contributed by atoms with Gasteiger partial charge in [-0.05, 0) is 29.8 Å². The van der Waals surface area contributed by atoms with Crippen molar-refractivity contribution < 1.29 is 33.5 Å². The highest BCUT2D eigenvalue weighted by Gasteiger charge is 2.18. The summed E-state index contributed by atoms with van der Waals surface area (Å²) in [4.78, 5) is 23.3. The largest absolute Gasteiger partial charge is 0.544 e. The summed E-state index contributed by atoms with van der Waals surface area (Å²) in [5.41, 5.74) is 1.42. The van der Waals surface area contributed by atoms with Crippen molar-refractivity contribution in [2.24, 2.45) is 0 Å². The standard InChI is InChI=1S/C19H20F2N2O4/c20-19(21)27-15-8-6-14(7-9-15)23-17(24)12-16(18(25)26)22-11-10-13-4-2-1-3-5-13/h1-9,16,19,22H,10-12H2,(H,23,24)(H,25,26)/t16-/m0/s1. The van der Waals surface area contributed by atoms with Crippen molar-refractivity contribution in [1.29, 1.82) is 0 Å². The summed E-state index contributed by atoms with van der Waals surface area (Å²) in [6, 6.07) is 13.9. The summed E-state index contributed by atoms with van der Waals surface area (Å²) in [6.45, 7) is -2.43. The summed E-state index contributed by atoms with van der Waals surface area (Å²) < 4.78 is 28.4. The number of nitrogens with two attached hydrogens (primary N) is 1. The summed E-state index contributed by atoms with van der Waals surface area (Å²) in [5.74, 6) is -1.87. The molecule has 0 heterocycles. The van der Waals surface area contributed by atoms with Crippen molar-refractivity contribution in [3.05, 3.63) is 60.2 Å². The Labute approximate surface area is 155 Å². The molecule has 144 valence electrons. The van der Waals surface area contributed by atoms with Crippen LogP contribution in [0.15, 0.2) is 54.6 Å². The molecule has 2 aromatic carbocycles. The van der Waals surface area contributed by atoms with Crippen LogP contribution >= 0.6 is 0 Å². The van der Waals surface area contributed by atoms with Gasteiger partial charge in [0.25, 0.3) is 0 Å². The highest BCUT2D eigenvalue weighted by atomic mass is 19.3. The highest BCUT2D eigenvalue weighted by Crippen LogP contribution is 2.17. The average molecular weight is 378 g/mol. The zero-order valence-corrected chi connectivity index (χ0v) is 14.4. The van der Waals surface area contributed by atoms with E-state index < -0.39 is 24.5 Å². The third-order valence-corrected chi connectivity index (χ3v) is 3.80. The lowest BCUT2D eigenvalue weighted by Crippen LogP contribution is -2.93. The van der Waals surface area contributed by atoms with Gasteiger partial charge in [0, 0.05) is 12.1 Å². The number of anilines is 1. The predicted molar refractivity (Wildman–Crippen MR) is 92.1 cm³/mol. The van der Waals surface area contributed by atoms with E-state index in [1.807, 2.05) is 30.3 Å². The first kappa shape index (κ1) is 20.3. The molecule has 27 heavy (non-hydrogen) atoms. The van der Waals surface area contributed by atoms with Gasteiger partial charge in [-0.25, -0.2) is 0 Å². The Bertz CT molecular complexity index is 739. The highest BCUT2D eigenvalue weighted by molar-refractivity contribution is 5.93. The van der Waals surface area contributed by atoms with Crippen LogP contribution < -0.4 is 20.5 Å². The lowest BCUT2D eigenvalue weighted by molar-refractivity contribution is -0.682. The Morgan fingerprint density at radius 1 is 1.07 bits per heavy atom. The van der Waals surface area contributed by atoms with Crippen LogP contribution in [0, 0.1) is 0 Å². The number of alkyl halides is 2. The van der Waals surface area contributed by atoms with Gasteiger partial charge >= 0.3 is 6.61 Å². The predicted octanol–water partition coefficient (Wildman–Crippen LogP) is 0.541. The smallest absolute Gasteiger partial charge is 0.387 e. The Morgan fingerprint density at radius 2 is 1.74 bits per heavy atom. The minimum absolute atomic E-state index is 0.0372. The van der Waals surface area contributed by atoms with E-state index in [-0.39, 0.29) is 12.2 Å². The van der Waals surface area contributed by atoms with Crippen LogP contribution in [0.4, 0.5) is 14.5 Å². The van der Waals surface area contributed by atoms with Gasteiger partial charge in [-0.3, -0.25) is 4.79 Å². The molecule has 1 atom stereocenters. The second kappa shape index (κ2) is 10.2. The van der Waals surface area contributed by atoms with E-state index in [4.69, 9.17) is 0 Å². The van der Waals surface area contributed by atoms with Crippen LogP contribution in [-0.4, -0.2) is 31.1 Å². The van der Waals surface area contributed by atoms with Gasteiger partial charge in [0.05, 0.1) is 18.9 Å². The third-order valence-electron chi connectivity index (χ3n) is 3.80. The first-order valence-corrected chi connectivity index (χ1v) is 8.37. The van der Waals surface area contributed by atoms with Crippen LogP contribution in [0.2, 0.25) is 0 Å². The molecule has 2 aromatic rings. The number of hydrogen-bond donors (Lipinski definition) is 2. The minimum atomic E-state index is -2.93. The molecule has 0 saturated heterocycles. The first-order valence-electron chi connectivity index (χ1n) is 8.37. The zero-order chi connectivity index (χ0) is 19.6. The lowest BCUT2D eigenvalue weighted by Gasteiger charge is -2.16. The number of carboxylic acids is 1. The average Bonchev–Trinajstić information content (AvgIpc) is 2.63. The minimum Gasteiger partial charge on any atom is -0.544 e. The number of aliphatic carboxylic acids is 1. The second-order valence-electron chi connectivity index (χ2n) is 5.84. The number of halogens is 2. The van der Waals surface area contributed by atoms with Gasteiger partial charge in [0.1, 0.15) is 11.8 Å². The molecule has 0 fully saturated rings. The van der Waals surface area contributed by atoms with E-state index in [0.717, 1.165) is 5.56 Å². The van der Waals surface area contributed by atoms with Crippen LogP contribution in [0.3, 0.4) is 0 Å². The molecule has 0 aliphatic carbocycles. The number of benzene rings is 2. The fourth-order valence-corrected chi connectivity index (χ4v) is 2.49. The normalized spacial score (nSPS) is 11.8. The molecule has 0 radical (unpaired) electrons. The third kappa shape index (κ3) is 7.41. The summed E-state index contributed by atoms with van der Waals surface area (Å²) >= 11 is 0. The van der Waals surface area contributed by atoms with E-state index in [1.54, 1.807) is 5.32 Å². The van der Waals surface area contributed by atoms with Gasteiger partial charge in [0.15, 0.2) is 0 Å². The SMILES string of the molecule is O=C(C[C@H]([NH2+]CCc1ccccc1)C(=O)[O-])Nc1ccc(OC(F)F)cc1. The maximum atomic E-state index is 12.1. The lowest BCUT2D eigenvalue weighted by atomic mass is 10.1. The van der Waals surface area contributed by atoms with Gasteiger partial charge in [-0.2, -0.15) is 8.78 Å².